The fourth-order valence-corrected chi connectivity index (χ4v) is 3.34. The molecule has 0 atom stereocenters. The molecule has 0 unspecified atom stereocenters. The van der Waals surface area contributed by atoms with Gasteiger partial charge >= 0.3 is 0 Å². The van der Waals surface area contributed by atoms with E-state index < -0.39 is 23.3 Å². The molecule has 0 aliphatic rings. The standard InChI is InChI=1S/C24H21F3N6O/c1-24(26,27)21-10-19(5-6-28-21)32-23(34)9-17-4-3-16(8-20(17)25)18-12-29-22(30-13-18)7-15-11-31-33(2)14-15/h3-6,8,10-14H,7,9H2,1-2H3,(H,28,32,34). The Morgan fingerprint density at radius 1 is 1.06 bits per heavy atom. The number of benzene rings is 1. The average molecular weight is 466 g/mol. The van der Waals surface area contributed by atoms with Gasteiger partial charge in [-0.05, 0) is 34.9 Å². The summed E-state index contributed by atoms with van der Waals surface area (Å²) in [5, 5.41) is 6.61. The lowest BCUT2D eigenvalue weighted by Gasteiger charge is -2.12. The van der Waals surface area contributed by atoms with Crippen molar-refractivity contribution >= 4 is 11.6 Å². The second-order valence-electron chi connectivity index (χ2n) is 7.94. The maximum Gasteiger partial charge on any atom is 0.287 e. The normalized spacial score (nSPS) is 11.4. The first-order chi connectivity index (χ1) is 16.2. The molecular weight excluding hydrogens is 445 g/mol. The summed E-state index contributed by atoms with van der Waals surface area (Å²) in [4.78, 5) is 24.6. The first kappa shape index (κ1) is 23.1. The van der Waals surface area contributed by atoms with E-state index in [1.807, 2.05) is 13.2 Å². The lowest BCUT2D eigenvalue weighted by Crippen LogP contribution is -2.16. The van der Waals surface area contributed by atoms with Crippen LogP contribution in [0.15, 0.2) is 61.3 Å². The van der Waals surface area contributed by atoms with Crippen LogP contribution in [0.5, 0.6) is 0 Å². The minimum absolute atomic E-state index is 0.164. The van der Waals surface area contributed by atoms with Gasteiger partial charge in [-0.2, -0.15) is 13.9 Å². The summed E-state index contributed by atoms with van der Waals surface area (Å²) in [7, 11) is 1.83. The predicted octanol–water partition coefficient (Wildman–Crippen LogP) is 4.29. The van der Waals surface area contributed by atoms with Gasteiger partial charge in [0.25, 0.3) is 5.92 Å². The van der Waals surface area contributed by atoms with Crippen molar-refractivity contribution in [2.24, 2.45) is 7.05 Å². The van der Waals surface area contributed by atoms with Crippen molar-refractivity contribution in [1.82, 2.24) is 24.7 Å². The van der Waals surface area contributed by atoms with Crippen LogP contribution in [0.1, 0.15) is 29.6 Å². The molecule has 1 N–H and O–H groups in total. The molecule has 0 aliphatic carbocycles. The number of carbonyl (C=O) groups excluding carboxylic acids is 1. The van der Waals surface area contributed by atoms with E-state index in [4.69, 9.17) is 0 Å². The summed E-state index contributed by atoms with van der Waals surface area (Å²) < 4.78 is 43.3. The molecule has 3 heterocycles. The summed E-state index contributed by atoms with van der Waals surface area (Å²) in [6.07, 6.45) is 8.32. The quantitative estimate of drug-likeness (QED) is 0.439. The van der Waals surface area contributed by atoms with Crippen molar-refractivity contribution in [2.75, 3.05) is 5.32 Å². The molecule has 4 aromatic rings. The highest BCUT2D eigenvalue weighted by Gasteiger charge is 2.26. The number of nitrogens with zero attached hydrogens (tertiary/aromatic N) is 5. The van der Waals surface area contributed by atoms with Gasteiger partial charge in [0.1, 0.15) is 17.3 Å². The third-order valence-corrected chi connectivity index (χ3v) is 5.06. The first-order valence-corrected chi connectivity index (χ1v) is 10.4. The van der Waals surface area contributed by atoms with E-state index in [-0.39, 0.29) is 17.7 Å². The lowest BCUT2D eigenvalue weighted by molar-refractivity contribution is -0.115. The number of halogens is 3. The van der Waals surface area contributed by atoms with Crippen LogP contribution in [0.25, 0.3) is 11.1 Å². The third kappa shape index (κ3) is 5.64. The molecular formula is C24H21F3N6O. The van der Waals surface area contributed by atoms with Gasteiger partial charge in [-0.15, -0.1) is 0 Å². The molecule has 0 saturated heterocycles. The Morgan fingerprint density at radius 2 is 1.82 bits per heavy atom. The minimum Gasteiger partial charge on any atom is -0.326 e. The van der Waals surface area contributed by atoms with E-state index in [1.165, 1.54) is 24.4 Å². The van der Waals surface area contributed by atoms with E-state index in [0.717, 1.165) is 18.6 Å². The molecule has 3 aromatic heterocycles. The van der Waals surface area contributed by atoms with Crippen molar-refractivity contribution < 1.29 is 18.0 Å². The maximum atomic E-state index is 14.7. The predicted molar refractivity (Wildman–Crippen MR) is 120 cm³/mol. The largest absolute Gasteiger partial charge is 0.326 e. The van der Waals surface area contributed by atoms with Crippen LogP contribution in [-0.4, -0.2) is 30.6 Å². The monoisotopic (exact) mass is 466 g/mol. The Labute approximate surface area is 193 Å². The SMILES string of the molecule is Cn1cc(Cc2ncc(-c3ccc(CC(=O)Nc4ccnc(C(C)(F)F)c4)c(F)c3)cn2)cn1. The lowest BCUT2D eigenvalue weighted by atomic mass is 10.0. The highest BCUT2D eigenvalue weighted by atomic mass is 19.3. The van der Waals surface area contributed by atoms with Gasteiger partial charge in [0, 0.05) is 56.4 Å². The van der Waals surface area contributed by atoms with Gasteiger partial charge in [0.05, 0.1) is 12.6 Å². The first-order valence-electron chi connectivity index (χ1n) is 10.4. The molecule has 34 heavy (non-hydrogen) atoms. The topological polar surface area (TPSA) is 85.6 Å². The van der Waals surface area contributed by atoms with Gasteiger partial charge in [-0.1, -0.05) is 12.1 Å². The van der Waals surface area contributed by atoms with E-state index in [9.17, 15) is 18.0 Å². The fourth-order valence-electron chi connectivity index (χ4n) is 3.34. The van der Waals surface area contributed by atoms with Gasteiger partial charge in [-0.25, -0.2) is 14.4 Å². The number of hydrogen-bond donors (Lipinski definition) is 1. The molecule has 174 valence electrons. The van der Waals surface area contributed by atoms with Crippen molar-refractivity contribution in [3.05, 3.63) is 89.8 Å². The Balaban J connectivity index is 1.41. The number of amides is 1. The van der Waals surface area contributed by atoms with Crippen molar-refractivity contribution in [2.45, 2.75) is 25.7 Å². The molecule has 0 aliphatic heterocycles. The molecule has 0 spiro atoms. The summed E-state index contributed by atoms with van der Waals surface area (Å²) >= 11 is 0. The fraction of sp³-hybridized carbons (Fsp3) is 0.208. The number of anilines is 1. The second-order valence-corrected chi connectivity index (χ2v) is 7.94. The van der Waals surface area contributed by atoms with Crippen LogP contribution in [0.3, 0.4) is 0 Å². The van der Waals surface area contributed by atoms with Crippen molar-refractivity contribution in [3.8, 4) is 11.1 Å². The smallest absolute Gasteiger partial charge is 0.287 e. The maximum absolute atomic E-state index is 14.7. The van der Waals surface area contributed by atoms with Gasteiger partial charge < -0.3 is 5.32 Å². The highest BCUT2D eigenvalue weighted by molar-refractivity contribution is 5.92. The average Bonchev–Trinajstić information content (AvgIpc) is 3.20. The summed E-state index contributed by atoms with van der Waals surface area (Å²) in [5.41, 5.74) is 2.06. The summed E-state index contributed by atoms with van der Waals surface area (Å²) in [6, 6.07) is 6.98. The Hall–Kier alpha value is -4.08. The van der Waals surface area contributed by atoms with E-state index in [2.05, 4.69) is 25.4 Å². The molecule has 0 fully saturated rings. The molecule has 0 saturated carbocycles. The number of rotatable bonds is 7. The second kappa shape index (κ2) is 9.42. The minimum atomic E-state index is -3.14. The number of aryl methyl sites for hydroxylation is 1. The number of alkyl halides is 2. The van der Waals surface area contributed by atoms with Crippen molar-refractivity contribution in [3.63, 3.8) is 0 Å². The number of hydrogen-bond acceptors (Lipinski definition) is 5. The Morgan fingerprint density at radius 3 is 2.47 bits per heavy atom. The molecule has 1 aromatic carbocycles. The van der Waals surface area contributed by atoms with Crippen LogP contribution in [-0.2, 0) is 30.6 Å². The Kier molecular flexibility index (Phi) is 6.40. The van der Waals surface area contributed by atoms with Crippen LogP contribution >= 0.6 is 0 Å². The zero-order valence-corrected chi connectivity index (χ0v) is 18.5. The summed E-state index contributed by atoms with van der Waals surface area (Å²) in [5.74, 6) is -3.62. The molecule has 0 bridgehead atoms. The molecule has 1 amide bonds. The number of carbonyl (C=O) groups is 1. The van der Waals surface area contributed by atoms with E-state index >= 15 is 0 Å². The molecule has 10 heteroatoms. The number of pyridine rings is 1. The molecule has 4 rings (SSSR count). The van der Waals surface area contributed by atoms with Gasteiger partial charge in [-0.3, -0.25) is 14.5 Å². The van der Waals surface area contributed by atoms with Gasteiger partial charge in [0.2, 0.25) is 5.91 Å². The van der Waals surface area contributed by atoms with Crippen LogP contribution in [0.2, 0.25) is 0 Å². The third-order valence-electron chi connectivity index (χ3n) is 5.06. The van der Waals surface area contributed by atoms with Crippen LogP contribution in [0.4, 0.5) is 18.9 Å². The zero-order valence-electron chi connectivity index (χ0n) is 18.5. The molecule has 7 nitrogen and oxygen atoms in total. The highest BCUT2D eigenvalue weighted by Crippen LogP contribution is 2.27. The van der Waals surface area contributed by atoms with E-state index in [0.29, 0.717) is 23.4 Å². The van der Waals surface area contributed by atoms with Crippen LogP contribution < -0.4 is 5.32 Å². The van der Waals surface area contributed by atoms with Crippen LogP contribution in [0, 0.1) is 5.82 Å². The number of aromatic nitrogens is 5. The zero-order chi connectivity index (χ0) is 24.3. The van der Waals surface area contributed by atoms with Gasteiger partial charge in [0.15, 0.2) is 0 Å². The number of nitrogens with one attached hydrogen (secondary N) is 1. The Bertz CT molecular complexity index is 1320. The van der Waals surface area contributed by atoms with Crippen molar-refractivity contribution in [1.29, 1.82) is 0 Å². The molecule has 0 radical (unpaired) electrons. The van der Waals surface area contributed by atoms with E-state index in [1.54, 1.807) is 29.3 Å². The summed E-state index contributed by atoms with van der Waals surface area (Å²) in [6.45, 7) is 0.719.